The number of nitrogen functional groups attached to an aromatic ring is 1. The van der Waals surface area contributed by atoms with E-state index in [1.165, 1.54) is 23.4 Å². The van der Waals surface area contributed by atoms with E-state index in [4.69, 9.17) is 5.84 Å². The average molecular weight is 461 g/mol. The smallest absolute Gasteiger partial charge is 0.237 e. The van der Waals surface area contributed by atoms with E-state index in [2.05, 4.69) is 45.1 Å². The molecule has 4 aromatic rings. The number of fused-ring (bicyclic) bond motifs is 1. The van der Waals surface area contributed by atoms with E-state index in [9.17, 15) is 9.59 Å². The van der Waals surface area contributed by atoms with Crippen molar-refractivity contribution in [1.29, 1.82) is 0 Å². The molecule has 0 aliphatic carbocycles. The molecule has 3 aromatic carbocycles. The van der Waals surface area contributed by atoms with E-state index < -0.39 is 5.25 Å². The molecule has 1 atom stereocenters. The standard InChI is InChI=1S/C24H24N6O2S/c1-15(23(32)27-20-12-10-19(11-13-20)26-16(2)31)33-24-29-28-22(30(24)25)14-18-8-5-7-17-6-3-4-9-21(17)18/h3-13,15H,14,25H2,1-2H3,(H,26,31)(H,27,32)/t15-/m0/s1. The van der Waals surface area contributed by atoms with Crippen molar-refractivity contribution in [3.05, 3.63) is 78.1 Å². The second-order valence-corrected chi connectivity index (χ2v) is 8.90. The van der Waals surface area contributed by atoms with Gasteiger partial charge in [0, 0.05) is 24.7 Å². The number of rotatable bonds is 7. The lowest BCUT2D eigenvalue weighted by Gasteiger charge is -2.12. The van der Waals surface area contributed by atoms with E-state index in [0.717, 1.165) is 16.3 Å². The Morgan fingerprint density at radius 1 is 0.970 bits per heavy atom. The summed E-state index contributed by atoms with van der Waals surface area (Å²) in [5.41, 5.74) is 2.41. The average Bonchev–Trinajstić information content (AvgIpc) is 3.14. The monoisotopic (exact) mass is 460 g/mol. The molecule has 0 fully saturated rings. The Balaban J connectivity index is 1.41. The Kier molecular flexibility index (Phi) is 6.60. The quantitative estimate of drug-likeness (QED) is 0.285. The predicted molar refractivity (Wildman–Crippen MR) is 132 cm³/mol. The van der Waals surface area contributed by atoms with Crippen molar-refractivity contribution in [3.8, 4) is 0 Å². The number of nitrogens with one attached hydrogen (secondary N) is 2. The zero-order valence-corrected chi connectivity index (χ0v) is 19.1. The van der Waals surface area contributed by atoms with Crippen molar-refractivity contribution in [2.24, 2.45) is 0 Å². The molecule has 0 aliphatic rings. The first-order chi connectivity index (χ1) is 15.9. The number of amides is 2. The van der Waals surface area contributed by atoms with Crippen LogP contribution in [-0.4, -0.2) is 31.9 Å². The predicted octanol–water partition coefficient (Wildman–Crippen LogP) is 3.81. The van der Waals surface area contributed by atoms with Crippen LogP contribution in [0.15, 0.2) is 71.9 Å². The minimum atomic E-state index is -0.447. The summed E-state index contributed by atoms with van der Waals surface area (Å²) in [5.74, 6) is 6.54. The summed E-state index contributed by atoms with van der Waals surface area (Å²) < 4.78 is 1.44. The van der Waals surface area contributed by atoms with E-state index in [-0.39, 0.29) is 11.8 Å². The number of carbonyl (C=O) groups excluding carboxylic acids is 2. The molecule has 2 amide bonds. The zero-order chi connectivity index (χ0) is 23.4. The SMILES string of the molecule is CC(=O)Nc1ccc(NC(=O)[C@H](C)Sc2nnc(Cc3cccc4ccccc34)n2N)cc1. The number of hydrogen-bond acceptors (Lipinski definition) is 6. The van der Waals surface area contributed by atoms with Crippen LogP contribution in [0.3, 0.4) is 0 Å². The van der Waals surface area contributed by atoms with Crippen molar-refractivity contribution < 1.29 is 9.59 Å². The fourth-order valence-corrected chi connectivity index (χ4v) is 4.21. The lowest BCUT2D eigenvalue weighted by Crippen LogP contribution is -2.24. The van der Waals surface area contributed by atoms with E-state index in [1.807, 2.05) is 18.2 Å². The van der Waals surface area contributed by atoms with Gasteiger partial charge in [-0.2, -0.15) is 0 Å². The van der Waals surface area contributed by atoms with Crippen molar-refractivity contribution in [3.63, 3.8) is 0 Å². The Labute approximate surface area is 195 Å². The summed E-state index contributed by atoms with van der Waals surface area (Å²) in [4.78, 5) is 23.8. The van der Waals surface area contributed by atoms with Gasteiger partial charge in [-0.15, -0.1) is 10.2 Å². The highest BCUT2D eigenvalue weighted by atomic mass is 32.2. The van der Waals surface area contributed by atoms with Crippen molar-refractivity contribution in [1.82, 2.24) is 14.9 Å². The van der Waals surface area contributed by atoms with Gasteiger partial charge in [-0.1, -0.05) is 54.2 Å². The fourth-order valence-electron chi connectivity index (χ4n) is 3.42. The molecule has 9 heteroatoms. The highest BCUT2D eigenvalue weighted by Crippen LogP contribution is 2.25. The summed E-state index contributed by atoms with van der Waals surface area (Å²) in [6, 6.07) is 21.2. The summed E-state index contributed by atoms with van der Waals surface area (Å²) in [6.07, 6.45) is 0.534. The van der Waals surface area contributed by atoms with Crippen LogP contribution in [0, 0.1) is 0 Å². The number of benzene rings is 3. The van der Waals surface area contributed by atoms with Crippen LogP contribution >= 0.6 is 11.8 Å². The number of nitrogens with zero attached hydrogens (tertiary/aromatic N) is 3. The molecule has 168 valence electrons. The molecule has 0 spiro atoms. The largest absolute Gasteiger partial charge is 0.336 e. The summed E-state index contributed by atoms with van der Waals surface area (Å²) in [7, 11) is 0. The Bertz CT molecular complexity index is 1300. The van der Waals surface area contributed by atoms with Gasteiger partial charge in [0.05, 0.1) is 5.25 Å². The number of aromatic nitrogens is 3. The van der Waals surface area contributed by atoms with Gasteiger partial charge in [0.2, 0.25) is 17.0 Å². The van der Waals surface area contributed by atoms with Gasteiger partial charge in [0.1, 0.15) is 0 Å². The van der Waals surface area contributed by atoms with Crippen LogP contribution in [0.4, 0.5) is 11.4 Å². The van der Waals surface area contributed by atoms with E-state index >= 15 is 0 Å². The van der Waals surface area contributed by atoms with Gasteiger partial charge in [-0.25, -0.2) is 4.68 Å². The molecule has 33 heavy (non-hydrogen) atoms. The molecule has 1 heterocycles. The van der Waals surface area contributed by atoms with Gasteiger partial charge in [-0.05, 0) is 47.5 Å². The topological polar surface area (TPSA) is 115 Å². The minimum Gasteiger partial charge on any atom is -0.336 e. The molecular weight excluding hydrogens is 436 g/mol. The van der Waals surface area contributed by atoms with Crippen LogP contribution < -0.4 is 16.5 Å². The lowest BCUT2D eigenvalue weighted by atomic mass is 10.0. The zero-order valence-electron chi connectivity index (χ0n) is 18.3. The van der Waals surface area contributed by atoms with Gasteiger partial charge >= 0.3 is 0 Å². The molecular formula is C24H24N6O2S. The third kappa shape index (κ3) is 5.32. The van der Waals surface area contributed by atoms with Crippen LogP contribution in [-0.2, 0) is 16.0 Å². The van der Waals surface area contributed by atoms with Crippen LogP contribution in [0.5, 0.6) is 0 Å². The third-order valence-corrected chi connectivity index (χ3v) is 6.14. The maximum absolute atomic E-state index is 12.6. The Hall–Kier alpha value is -3.85. The fraction of sp³-hybridized carbons (Fsp3) is 0.167. The lowest BCUT2D eigenvalue weighted by molar-refractivity contribution is -0.115. The molecule has 0 radical (unpaired) electrons. The van der Waals surface area contributed by atoms with E-state index in [0.29, 0.717) is 28.8 Å². The van der Waals surface area contributed by atoms with Crippen molar-refractivity contribution >= 4 is 45.7 Å². The normalized spacial score (nSPS) is 11.8. The maximum atomic E-state index is 12.6. The van der Waals surface area contributed by atoms with E-state index in [1.54, 1.807) is 31.2 Å². The molecule has 0 unspecified atom stereocenters. The van der Waals surface area contributed by atoms with Crippen LogP contribution in [0.1, 0.15) is 25.2 Å². The first-order valence-corrected chi connectivity index (χ1v) is 11.3. The summed E-state index contributed by atoms with van der Waals surface area (Å²) >= 11 is 1.24. The molecule has 0 bridgehead atoms. The molecule has 0 saturated heterocycles. The third-order valence-electron chi connectivity index (χ3n) is 5.09. The van der Waals surface area contributed by atoms with Gasteiger partial charge in [-0.3, -0.25) is 9.59 Å². The first-order valence-electron chi connectivity index (χ1n) is 10.4. The van der Waals surface area contributed by atoms with Crippen molar-refractivity contribution in [2.75, 3.05) is 16.5 Å². The first kappa shape index (κ1) is 22.3. The molecule has 0 saturated carbocycles. The minimum absolute atomic E-state index is 0.150. The number of hydrogen-bond donors (Lipinski definition) is 3. The Morgan fingerprint density at radius 3 is 2.36 bits per heavy atom. The molecule has 1 aromatic heterocycles. The molecule has 0 aliphatic heterocycles. The summed E-state index contributed by atoms with van der Waals surface area (Å²) in [5, 5.41) is 16.3. The highest BCUT2D eigenvalue weighted by Gasteiger charge is 2.20. The maximum Gasteiger partial charge on any atom is 0.237 e. The van der Waals surface area contributed by atoms with Crippen LogP contribution in [0.2, 0.25) is 0 Å². The second-order valence-electron chi connectivity index (χ2n) is 7.59. The highest BCUT2D eigenvalue weighted by molar-refractivity contribution is 8.00. The number of thioether (sulfide) groups is 1. The number of anilines is 2. The van der Waals surface area contributed by atoms with Gasteiger partial charge < -0.3 is 16.5 Å². The number of carbonyl (C=O) groups is 2. The van der Waals surface area contributed by atoms with Crippen LogP contribution in [0.25, 0.3) is 10.8 Å². The number of nitrogens with two attached hydrogens (primary N) is 1. The molecule has 4 N–H and O–H groups in total. The summed E-state index contributed by atoms with van der Waals surface area (Å²) in [6.45, 7) is 3.23. The molecule has 4 rings (SSSR count). The molecule has 8 nitrogen and oxygen atoms in total. The van der Waals surface area contributed by atoms with Gasteiger partial charge in [0.15, 0.2) is 5.82 Å². The van der Waals surface area contributed by atoms with Gasteiger partial charge in [0.25, 0.3) is 0 Å². The van der Waals surface area contributed by atoms with Crippen molar-refractivity contribution in [2.45, 2.75) is 30.7 Å². The second kappa shape index (κ2) is 9.74. The Morgan fingerprint density at radius 2 is 1.64 bits per heavy atom.